The molecule has 0 radical (unpaired) electrons. The molecule has 1 atom stereocenters. The van der Waals surface area contributed by atoms with Crippen molar-refractivity contribution >= 4 is 23.4 Å². The van der Waals surface area contributed by atoms with Crippen LogP contribution in [0, 0.1) is 0 Å². The summed E-state index contributed by atoms with van der Waals surface area (Å²) in [4.78, 5) is 31.5. The number of esters is 1. The maximum atomic E-state index is 13.5. The molecular weight excluding hydrogens is 444 g/mol. The SMILES string of the molecule is CCOC(=O)C1=C(C)N=c2s/c(=C\c3cccc(O)c3)c(=O)n2C1c1ccc2c(c1)OCO2. The highest BCUT2D eigenvalue weighted by Gasteiger charge is 2.34. The molecule has 2 aliphatic rings. The van der Waals surface area contributed by atoms with E-state index >= 15 is 0 Å². The molecule has 8 nitrogen and oxygen atoms in total. The number of carbonyl (C=O) groups is 1. The zero-order valence-corrected chi connectivity index (χ0v) is 18.7. The third-order valence-electron chi connectivity index (χ3n) is 5.40. The van der Waals surface area contributed by atoms with Crippen molar-refractivity contribution in [2.75, 3.05) is 13.4 Å². The van der Waals surface area contributed by atoms with E-state index < -0.39 is 12.0 Å². The summed E-state index contributed by atoms with van der Waals surface area (Å²) < 4.78 is 18.2. The topological polar surface area (TPSA) is 99.4 Å². The van der Waals surface area contributed by atoms with Gasteiger partial charge in [0.05, 0.1) is 28.5 Å². The number of allylic oxidation sites excluding steroid dienone is 1. The number of aromatic hydroxyl groups is 1. The van der Waals surface area contributed by atoms with Crippen molar-refractivity contribution in [1.82, 2.24) is 4.57 Å². The molecule has 3 heterocycles. The third kappa shape index (κ3) is 3.70. The van der Waals surface area contributed by atoms with Gasteiger partial charge >= 0.3 is 5.97 Å². The van der Waals surface area contributed by atoms with Gasteiger partial charge in [-0.2, -0.15) is 0 Å². The van der Waals surface area contributed by atoms with Crippen molar-refractivity contribution in [3.8, 4) is 17.2 Å². The number of thiazole rings is 1. The fourth-order valence-corrected chi connectivity index (χ4v) is 5.00. The molecule has 1 unspecified atom stereocenters. The lowest BCUT2D eigenvalue weighted by molar-refractivity contribution is -0.139. The Morgan fingerprint density at radius 2 is 2.09 bits per heavy atom. The van der Waals surface area contributed by atoms with Gasteiger partial charge in [-0.25, -0.2) is 9.79 Å². The predicted molar refractivity (Wildman–Crippen MR) is 121 cm³/mol. The Hall–Kier alpha value is -3.85. The van der Waals surface area contributed by atoms with Crippen molar-refractivity contribution in [2.24, 2.45) is 4.99 Å². The van der Waals surface area contributed by atoms with Gasteiger partial charge in [-0.3, -0.25) is 9.36 Å². The number of hydrogen-bond acceptors (Lipinski definition) is 8. The van der Waals surface area contributed by atoms with Crippen molar-refractivity contribution in [1.29, 1.82) is 0 Å². The van der Waals surface area contributed by atoms with E-state index in [9.17, 15) is 14.7 Å². The Balaban J connectivity index is 1.73. The fourth-order valence-electron chi connectivity index (χ4n) is 3.96. The number of fused-ring (bicyclic) bond motifs is 2. The van der Waals surface area contributed by atoms with Gasteiger partial charge in [-0.1, -0.05) is 29.5 Å². The molecule has 0 bridgehead atoms. The second kappa shape index (κ2) is 8.25. The van der Waals surface area contributed by atoms with Crippen LogP contribution >= 0.6 is 11.3 Å². The number of phenols is 1. The average molecular weight is 464 g/mol. The van der Waals surface area contributed by atoms with Gasteiger partial charge in [0.1, 0.15) is 5.75 Å². The molecule has 33 heavy (non-hydrogen) atoms. The summed E-state index contributed by atoms with van der Waals surface area (Å²) in [6.45, 7) is 3.78. The normalized spacial score (nSPS) is 17.0. The van der Waals surface area contributed by atoms with E-state index in [0.717, 1.165) is 0 Å². The molecule has 1 aromatic heterocycles. The van der Waals surface area contributed by atoms with Gasteiger partial charge in [0.15, 0.2) is 16.3 Å². The second-order valence-electron chi connectivity index (χ2n) is 7.51. The van der Waals surface area contributed by atoms with Crippen LogP contribution < -0.4 is 24.4 Å². The van der Waals surface area contributed by atoms with Crippen LogP contribution in [0.15, 0.2) is 63.5 Å². The van der Waals surface area contributed by atoms with Gasteiger partial charge in [0, 0.05) is 0 Å². The minimum Gasteiger partial charge on any atom is -0.508 e. The number of ether oxygens (including phenoxy) is 3. The molecule has 0 aliphatic carbocycles. The quantitative estimate of drug-likeness (QED) is 0.595. The maximum Gasteiger partial charge on any atom is 0.338 e. The number of nitrogens with zero attached hydrogens (tertiary/aromatic N) is 2. The first-order valence-electron chi connectivity index (χ1n) is 10.3. The Morgan fingerprint density at radius 3 is 2.88 bits per heavy atom. The molecule has 0 fully saturated rings. The van der Waals surface area contributed by atoms with E-state index in [1.54, 1.807) is 56.3 Å². The predicted octanol–water partition coefficient (Wildman–Crippen LogP) is 2.23. The van der Waals surface area contributed by atoms with E-state index in [-0.39, 0.29) is 24.7 Å². The summed E-state index contributed by atoms with van der Waals surface area (Å²) in [6, 6.07) is 11.2. The summed E-state index contributed by atoms with van der Waals surface area (Å²) in [5.41, 5.74) is 1.86. The molecular formula is C24H20N2O6S. The molecule has 168 valence electrons. The smallest absolute Gasteiger partial charge is 0.338 e. The zero-order chi connectivity index (χ0) is 23.1. The van der Waals surface area contributed by atoms with Gasteiger partial charge in [0.25, 0.3) is 5.56 Å². The van der Waals surface area contributed by atoms with Crippen LogP contribution in [-0.4, -0.2) is 29.0 Å². The van der Waals surface area contributed by atoms with E-state index in [4.69, 9.17) is 14.2 Å². The second-order valence-corrected chi connectivity index (χ2v) is 8.52. The summed E-state index contributed by atoms with van der Waals surface area (Å²) >= 11 is 1.22. The molecule has 9 heteroatoms. The molecule has 0 amide bonds. The Morgan fingerprint density at radius 1 is 1.27 bits per heavy atom. The number of rotatable bonds is 4. The van der Waals surface area contributed by atoms with Gasteiger partial charge in [0.2, 0.25) is 6.79 Å². The minimum absolute atomic E-state index is 0.107. The van der Waals surface area contributed by atoms with Crippen LogP contribution in [0.25, 0.3) is 6.08 Å². The fraction of sp³-hybridized carbons (Fsp3) is 0.208. The number of benzene rings is 2. The molecule has 3 aromatic rings. The summed E-state index contributed by atoms with van der Waals surface area (Å²) in [7, 11) is 0. The van der Waals surface area contributed by atoms with Crippen molar-refractivity contribution in [3.05, 3.63) is 84.5 Å². The number of phenolic OH excluding ortho intramolecular Hbond substituents is 1. The molecule has 5 rings (SSSR count). The molecule has 0 saturated carbocycles. The van der Waals surface area contributed by atoms with Crippen LogP contribution in [0.2, 0.25) is 0 Å². The molecule has 2 aliphatic heterocycles. The van der Waals surface area contributed by atoms with Crippen LogP contribution in [0.3, 0.4) is 0 Å². The van der Waals surface area contributed by atoms with Crippen molar-refractivity contribution in [2.45, 2.75) is 19.9 Å². The molecule has 2 aromatic carbocycles. The van der Waals surface area contributed by atoms with Crippen molar-refractivity contribution in [3.63, 3.8) is 0 Å². The lowest BCUT2D eigenvalue weighted by Crippen LogP contribution is -2.39. The third-order valence-corrected chi connectivity index (χ3v) is 6.38. The largest absolute Gasteiger partial charge is 0.508 e. The molecule has 0 spiro atoms. The monoisotopic (exact) mass is 464 g/mol. The summed E-state index contributed by atoms with van der Waals surface area (Å²) in [5, 5.41) is 9.77. The summed E-state index contributed by atoms with van der Waals surface area (Å²) in [5.74, 6) is 0.736. The standard InChI is InChI=1S/C24H20N2O6S/c1-3-30-23(29)20-13(2)25-24-26(21(20)15-7-8-17-18(11-15)32-12-31-17)22(28)19(33-24)10-14-5-4-6-16(27)9-14/h4-11,21,27H,3,12H2,1-2H3/b19-10-. The maximum absolute atomic E-state index is 13.5. The zero-order valence-electron chi connectivity index (χ0n) is 17.9. The Bertz CT molecular complexity index is 1480. The first kappa shape index (κ1) is 21.0. The van der Waals surface area contributed by atoms with E-state index in [0.29, 0.717) is 43.2 Å². The van der Waals surface area contributed by atoms with E-state index in [1.807, 2.05) is 6.07 Å². The lowest BCUT2D eigenvalue weighted by atomic mass is 9.95. The summed E-state index contributed by atoms with van der Waals surface area (Å²) in [6.07, 6.45) is 1.70. The van der Waals surface area contributed by atoms with Gasteiger partial charge in [-0.05, 0) is 55.3 Å². The molecule has 1 N–H and O–H groups in total. The highest BCUT2D eigenvalue weighted by molar-refractivity contribution is 7.07. The minimum atomic E-state index is -0.735. The van der Waals surface area contributed by atoms with Crippen LogP contribution in [-0.2, 0) is 9.53 Å². The Labute approximate surface area is 192 Å². The first-order chi connectivity index (χ1) is 16.0. The number of hydrogen-bond donors (Lipinski definition) is 1. The van der Waals surface area contributed by atoms with Crippen molar-refractivity contribution < 1.29 is 24.1 Å². The lowest BCUT2D eigenvalue weighted by Gasteiger charge is -2.24. The van der Waals surface area contributed by atoms with Gasteiger partial charge in [-0.15, -0.1) is 0 Å². The number of carbonyl (C=O) groups excluding carboxylic acids is 1. The average Bonchev–Trinajstić information content (AvgIpc) is 3.37. The van der Waals surface area contributed by atoms with Crippen LogP contribution in [0.1, 0.15) is 31.0 Å². The highest BCUT2D eigenvalue weighted by atomic mass is 32.1. The Kier molecular flexibility index (Phi) is 5.26. The van der Waals surface area contributed by atoms with Gasteiger partial charge < -0.3 is 19.3 Å². The highest BCUT2D eigenvalue weighted by Crippen LogP contribution is 2.38. The first-order valence-corrected chi connectivity index (χ1v) is 11.2. The van der Waals surface area contributed by atoms with Crippen LogP contribution in [0.5, 0.6) is 17.2 Å². The molecule has 0 saturated heterocycles. The van der Waals surface area contributed by atoms with E-state index in [1.165, 1.54) is 15.9 Å². The van der Waals surface area contributed by atoms with E-state index in [2.05, 4.69) is 4.99 Å². The number of aromatic nitrogens is 1. The van der Waals surface area contributed by atoms with Crippen LogP contribution in [0.4, 0.5) is 0 Å².